The Balaban J connectivity index is 1.86. The van der Waals surface area contributed by atoms with Crippen LogP contribution in [0.2, 0.25) is 0 Å². The van der Waals surface area contributed by atoms with Crippen molar-refractivity contribution in [3.8, 4) is 0 Å². The van der Waals surface area contributed by atoms with E-state index >= 15 is 0 Å². The van der Waals surface area contributed by atoms with E-state index in [1.807, 2.05) is 0 Å². The molecule has 0 heterocycles. The Morgan fingerprint density at radius 1 is 1.17 bits per heavy atom. The molecule has 4 heteroatoms. The molecule has 102 valence electrons. The maximum absolute atomic E-state index is 12.1. The van der Waals surface area contributed by atoms with E-state index in [-0.39, 0.29) is 17.2 Å². The first-order valence-electron chi connectivity index (χ1n) is 7.02. The van der Waals surface area contributed by atoms with Crippen molar-refractivity contribution in [3.63, 3.8) is 0 Å². The van der Waals surface area contributed by atoms with Gasteiger partial charge in [-0.15, -0.1) is 0 Å². The number of aliphatic carboxylic acids is 1. The minimum absolute atomic E-state index is 0.0481. The summed E-state index contributed by atoms with van der Waals surface area (Å²) in [6, 6.07) is 0. The van der Waals surface area contributed by atoms with Gasteiger partial charge in [0, 0.05) is 6.54 Å². The summed E-state index contributed by atoms with van der Waals surface area (Å²) >= 11 is 0. The molecular weight excluding hydrogens is 230 g/mol. The minimum atomic E-state index is -0.820. The lowest BCUT2D eigenvalue weighted by Gasteiger charge is -2.25. The van der Waals surface area contributed by atoms with Gasteiger partial charge in [-0.25, -0.2) is 0 Å². The van der Waals surface area contributed by atoms with Crippen molar-refractivity contribution in [3.05, 3.63) is 0 Å². The average molecular weight is 253 g/mol. The van der Waals surface area contributed by atoms with Crippen LogP contribution < -0.4 is 5.32 Å². The van der Waals surface area contributed by atoms with Gasteiger partial charge in [-0.05, 0) is 31.1 Å². The number of hydrogen-bond acceptors (Lipinski definition) is 2. The Labute approximate surface area is 108 Å². The van der Waals surface area contributed by atoms with Crippen LogP contribution in [-0.4, -0.2) is 23.5 Å². The normalized spacial score (nSPS) is 30.3. The van der Waals surface area contributed by atoms with Crippen LogP contribution in [0.1, 0.15) is 51.9 Å². The molecule has 2 rings (SSSR count). The quantitative estimate of drug-likeness (QED) is 0.807. The number of carboxylic acids is 1. The van der Waals surface area contributed by atoms with Crippen LogP contribution in [0.5, 0.6) is 0 Å². The van der Waals surface area contributed by atoms with Crippen molar-refractivity contribution in [2.75, 3.05) is 6.54 Å². The van der Waals surface area contributed by atoms with Gasteiger partial charge in [0.2, 0.25) is 5.91 Å². The van der Waals surface area contributed by atoms with Crippen molar-refractivity contribution in [2.24, 2.45) is 17.3 Å². The zero-order chi connectivity index (χ0) is 13.2. The third-order valence-corrected chi connectivity index (χ3v) is 4.67. The summed E-state index contributed by atoms with van der Waals surface area (Å²) < 4.78 is 0. The highest BCUT2D eigenvalue weighted by Crippen LogP contribution is 2.37. The number of rotatable bonds is 4. The molecule has 2 aliphatic carbocycles. The van der Waals surface area contributed by atoms with Crippen molar-refractivity contribution in [1.29, 1.82) is 0 Å². The summed E-state index contributed by atoms with van der Waals surface area (Å²) in [5.41, 5.74) is 0.229. The van der Waals surface area contributed by atoms with Crippen LogP contribution >= 0.6 is 0 Å². The summed E-state index contributed by atoms with van der Waals surface area (Å²) in [6.45, 7) is 2.91. The SMILES string of the molecule is CC1(CNC(=O)C2CCCC2C(=O)O)CCCC1. The summed E-state index contributed by atoms with van der Waals surface area (Å²) in [5, 5.41) is 12.1. The van der Waals surface area contributed by atoms with Gasteiger partial charge in [-0.2, -0.15) is 0 Å². The van der Waals surface area contributed by atoms with E-state index in [9.17, 15) is 9.59 Å². The standard InChI is InChI=1S/C14H23NO3/c1-14(7-2-3-8-14)9-15-12(16)10-5-4-6-11(10)13(17)18/h10-11H,2-9H2,1H3,(H,15,16)(H,17,18). The Hall–Kier alpha value is -1.06. The van der Waals surface area contributed by atoms with Crippen LogP contribution in [0.4, 0.5) is 0 Å². The largest absolute Gasteiger partial charge is 0.481 e. The van der Waals surface area contributed by atoms with Gasteiger partial charge in [0.15, 0.2) is 0 Å². The van der Waals surface area contributed by atoms with Gasteiger partial charge in [0.1, 0.15) is 0 Å². The third-order valence-electron chi connectivity index (χ3n) is 4.67. The van der Waals surface area contributed by atoms with E-state index in [2.05, 4.69) is 12.2 Å². The van der Waals surface area contributed by atoms with Crippen LogP contribution in [0, 0.1) is 17.3 Å². The first-order chi connectivity index (χ1) is 8.52. The third kappa shape index (κ3) is 2.85. The van der Waals surface area contributed by atoms with Gasteiger partial charge in [-0.1, -0.05) is 26.2 Å². The molecule has 0 aliphatic heterocycles. The smallest absolute Gasteiger partial charge is 0.307 e. The molecule has 2 fully saturated rings. The van der Waals surface area contributed by atoms with Crippen LogP contribution in [0.3, 0.4) is 0 Å². The lowest BCUT2D eigenvalue weighted by Crippen LogP contribution is -2.40. The second-order valence-electron chi connectivity index (χ2n) is 6.22. The Morgan fingerprint density at radius 3 is 2.39 bits per heavy atom. The van der Waals surface area contributed by atoms with Gasteiger partial charge in [-0.3, -0.25) is 9.59 Å². The highest BCUT2D eigenvalue weighted by molar-refractivity contribution is 5.85. The predicted octanol–water partition coefficient (Wildman–Crippen LogP) is 2.18. The highest BCUT2D eigenvalue weighted by Gasteiger charge is 2.38. The second kappa shape index (κ2) is 5.29. The zero-order valence-electron chi connectivity index (χ0n) is 11.1. The van der Waals surface area contributed by atoms with E-state index in [4.69, 9.17) is 5.11 Å². The monoisotopic (exact) mass is 253 g/mol. The molecule has 2 unspecified atom stereocenters. The molecule has 0 saturated heterocycles. The van der Waals surface area contributed by atoms with Crippen molar-refractivity contribution < 1.29 is 14.7 Å². The molecular formula is C14H23NO3. The Kier molecular flexibility index (Phi) is 3.93. The van der Waals surface area contributed by atoms with E-state index in [1.54, 1.807) is 0 Å². The Bertz CT molecular complexity index is 334. The molecule has 0 aromatic rings. The van der Waals surface area contributed by atoms with E-state index in [1.165, 1.54) is 25.7 Å². The van der Waals surface area contributed by atoms with Crippen molar-refractivity contribution in [2.45, 2.75) is 51.9 Å². The predicted molar refractivity (Wildman–Crippen MR) is 68.1 cm³/mol. The molecule has 2 aliphatic rings. The fourth-order valence-corrected chi connectivity index (χ4v) is 3.41. The molecule has 2 atom stereocenters. The molecule has 0 spiro atoms. The maximum Gasteiger partial charge on any atom is 0.307 e. The molecule has 18 heavy (non-hydrogen) atoms. The van der Waals surface area contributed by atoms with E-state index < -0.39 is 11.9 Å². The number of carboxylic acid groups (broad SMARTS) is 1. The minimum Gasteiger partial charge on any atom is -0.481 e. The van der Waals surface area contributed by atoms with Crippen LogP contribution in [-0.2, 0) is 9.59 Å². The topological polar surface area (TPSA) is 66.4 Å². The number of hydrogen-bond donors (Lipinski definition) is 2. The van der Waals surface area contributed by atoms with Crippen molar-refractivity contribution >= 4 is 11.9 Å². The van der Waals surface area contributed by atoms with Gasteiger partial charge in [0.05, 0.1) is 11.8 Å². The lowest BCUT2D eigenvalue weighted by molar-refractivity contribution is -0.146. The first kappa shape index (κ1) is 13.4. The second-order valence-corrected chi connectivity index (χ2v) is 6.22. The number of carbonyl (C=O) groups excluding carboxylic acids is 1. The number of amides is 1. The van der Waals surface area contributed by atoms with Crippen molar-refractivity contribution in [1.82, 2.24) is 5.32 Å². The van der Waals surface area contributed by atoms with Crippen LogP contribution in [0.15, 0.2) is 0 Å². The fraction of sp³-hybridized carbons (Fsp3) is 0.857. The Morgan fingerprint density at radius 2 is 1.78 bits per heavy atom. The number of carbonyl (C=O) groups is 2. The maximum atomic E-state index is 12.1. The molecule has 1 amide bonds. The fourth-order valence-electron chi connectivity index (χ4n) is 3.41. The van der Waals surface area contributed by atoms with Gasteiger partial charge >= 0.3 is 5.97 Å². The van der Waals surface area contributed by atoms with Gasteiger partial charge in [0.25, 0.3) is 0 Å². The van der Waals surface area contributed by atoms with E-state index in [0.29, 0.717) is 13.0 Å². The molecule has 2 saturated carbocycles. The lowest BCUT2D eigenvalue weighted by atomic mass is 9.88. The van der Waals surface area contributed by atoms with Gasteiger partial charge < -0.3 is 10.4 Å². The molecule has 0 aromatic heterocycles. The molecule has 4 nitrogen and oxygen atoms in total. The summed E-state index contributed by atoms with van der Waals surface area (Å²) in [6.07, 6.45) is 7.04. The first-order valence-corrected chi connectivity index (χ1v) is 7.02. The molecule has 0 radical (unpaired) electrons. The molecule has 2 N–H and O–H groups in total. The van der Waals surface area contributed by atoms with Crippen LogP contribution in [0.25, 0.3) is 0 Å². The summed E-state index contributed by atoms with van der Waals surface area (Å²) in [4.78, 5) is 23.1. The number of nitrogens with one attached hydrogen (secondary N) is 1. The summed E-state index contributed by atoms with van der Waals surface area (Å²) in [5.74, 6) is -1.65. The highest BCUT2D eigenvalue weighted by atomic mass is 16.4. The molecule has 0 aromatic carbocycles. The average Bonchev–Trinajstić information content (AvgIpc) is 2.95. The zero-order valence-corrected chi connectivity index (χ0v) is 11.1. The van der Waals surface area contributed by atoms with E-state index in [0.717, 1.165) is 12.8 Å². The molecule has 0 bridgehead atoms. The summed E-state index contributed by atoms with van der Waals surface area (Å²) in [7, 11) is 0.